The lowest BCUT2D eigenvalue weighted by Gasteiger charge is -2.10. The number of benzene rings is 2. The van der Waals surface area contributed by atoms with Gasteiger partial charge in [0.1, 0.15) is 24.3 Å². The quantitative estimate of drug-likeness (QED) is 0.889. The second kappa shape index (κ2) is 6.85. The van der Waals surface area contributed by atoms with Crippen molar-refractivity contribution >= 4 is 11.6 Å². The van der Waals surface area contributed by atoms with E-state index >= 15 is 0 Å². The Balaban J connectivity index is 1.99. The zero-order chi connectivity index (χ0) is 15.2. The number of nitrogens with one attached hydrogen (secondary N) is 1. The van der Waals surface area contributed by atoms with Crippen LogP contribution in [0.2, 0.25) is 0 Å². The largest absolute Gasteiger partial charge is 0.489 e. The van der Waals surface area contributed by atoms with E-state index in [0.717, 1.165) is 5.56 Å². The Bertz CT molecular complexity index is 628. The third kappa shape index (κ3) is 4.57. The first kappa shape index (κ1) is 15.0. The Kier molecular flexibility index (Phi) is 4.90. The Morgan fingerprint density at radius 3 is 2.76 bits per heavy atom. The maximum absolute atomic E-state index is 13.0. The average molecular weight is 289 g/mol. The third-order valence-electron chi connectivity index (χ3n) is 2.78. The van der Waals surface area contributed by atoms with Gasteiger partial charge in [0.05, 0.1) is 0 Å². The number of carbonyl (C=O) groups is 1. The minimum absolute atomic E-state index is 0.252. The molecule has 0 saturated heterocycles. The summed E-state index contributed by atoms with van der Waals surface area (Å²) in [6.07, 6.45) is -1.07. The lowest BCUT2D eigenvalue weighted by molar-refractivity contribution is -0.123. The van der Waals surface area contributed by atoms with Gasteiger partial charge < -0.3 is 15.2 Å². The molecule has 21 heavy (non-hydrogen) atoms. The third-order valence-corrected chi connectivity index (χ3v) is 2.78. The second-order valence-corrected chi connectivity index (χ2v) is 4.61. The molecule has 2 rings (SSSR count). The van der Waals surface area contributed by atoms with E-state index in [1.165, 1.54) is 19.1 Å². The summed E-state index contributed by atoms with van der Waals surface area (Å²) in [7, 11) is 0. The number of rotatable bonds is 5. The van der Waals surface area contributed by atoms with Crippen LogP contribution >= 0.6 is 0 Å². The maximum atomic E-state index is 13.0. The van der Waals surface area contributed by atoms with Crippen LogP contribution in [0.25, 0.3) is 0 Å². The van der Waals surface area contributed by atoms with Gasteiger partial charge in [0.2, 0.25) is 0 Å². The van der Waals surface area contributed by atoms with Crippen molar-refractivity contribution in [1.29, 1.82) is 0 Å². The van der Waals surface area contributed by atoms with Crippen molar-refractivity contribution in [3.63, 3.8) is 0 Å². The molecule has 5 heteroatoms. The van der Waals surface area contributed by atoms with Crippen molar-refractivity contribution in [3.8, 4) is 5.75 Å². The fraction of sp³-hybridized carbons (Fsp3) is 0.188. The van der Waals surface area contributed by atoms with Gasteiger partial charge in [-0.05, 0) is 36.8 Å². The van der Waals surface area contributed by atoms with Gasteiger partial charge in [-0.15, -0.1) is 0 Å². The predicted molar refractivity (Wildman–Crippen MR) is 77.5 cm³/mol. The number of amides is 1. The molecule has 1 unspecified atom stereocenters. The van der Waals surface area contributed by atoms with Gasteiger partial charge in [0.15, 0.2) is 0 Å². The van der Waals surface area contributed by atoms with E-state index in [9.17, 15) is 9.18 Å². The summed E-state index contributed by atoms with van der Waals surface area (Å²) in [6.45, 7) is 1.65. The summed E-state index contributed by atoms with van der Waals surface area (Å²) in [4.78, 5) is 11.4. The number of carbonyl (C=O) groups excluding carboxylic acids is 1. The minimum Gasteiger partial charge on any atom is -0.489 e. The van der Waals surface area contributed by atoms with Crippen LogP contribution in [0, 0.1) is 5.82 Å². The summed E-state index contributed by atoms with van der Waals surface area (Å²) in [5, 5.41) is 11.7. The lowest BCUT2D eigenvalue weighted by Crippen LogP contribution is -2.24. The summed E-state index contributed by atoms with van der Waals surface area (Å²) >= 11 is 0. The standard InChI is InChI=1S/C16H16FNO3/c1-11(19)16(20)18-14-6-2-4-12(8-14)10-21-15-7-3-5-13(17)9-15/h2-9,11,19H,10H2,1H3,(H,18,20). The Morgan fingerprint density at radius 1 is 1.29 bits per heavy atom. The lowest BCUT2D eigenvalue weighted by atomic mass is 10.2. The van der Waals surface area contributed by atoms with E-state index < -0.39 is 12.0 Å². The molecule has 1 atom stereocenters. The monoisotopic (exact) mass is 289 g/mol. The van der Waals surface area contributed by atoms with Gasteiger partial charge in [-0.3, -0.25) is 4.79 Å². The van der Waals surface area contributed by atoms with E-state index in [1.807, 2.05) is 6.07 Å². The number of aliphatic hydroxyl groups is 1. The van der Waals surface area contributed by atoms with Crippen LogP contribution in [0.1, 0.15) is 12.5 Å². The predicted octanol–water partition coefficient (Wildman–Crippen LogP) is 2.72. The highest BCUT2D eigenvalue weighted by Crippen LogP contribution is 2.16. The molecule has 1 amide bonds. The molecule has 0 radical (unpaired) electrons. The van der Waals surface area contributed by atoms with Crippen molar-refractivity contribution in [2.45, 2.75) is 19.6 Å². The normalized spacial score (nSPS) is 11.8. The van der Waals surface area contributed by atoms with Gasteiger partial charge in [-0.1, -0.05) is 18.2 Å². The molecule has 0 saturated carbocycles. The summed E-state index contributed by atoms with van der Waals surface area (Å²) in [5.41, 5.74) is 1.39. The zero-order valence-corrected chi connectivity index (χ0v) is 11.5. The van der Waals surface area contributed by atoms with E-state index in [4.69, 9.17) is 9.84 Å². The molecule has 0 fully saturated rings. The van der Waals surface area contributed by atoms with Crippen molar-refractivity contribution in [2.75, 3.05) is 5.32 Å². The molecular formula is C16H16FNO3. The van der Waals surface area contributed by atoms with Gasteiger partial charge in [0, 0.05) is 11.8 Å². The Labute approximate surface area is 122 Å². The Morgan fingerprint density at radius 2 is 2.05 bits per heavy atom. The molecule has 0 aliphatic carbocycles. The highest BCUT2D eigenvalue weighted by molar-refractivity contribution is 5.93. The van der Waals surface area contributed by atoms with Crippen LogP contribution in [0.5, 0.6) is 5.75 Å². The zero-order valence-electron chi connectivity index (χ0n) is 11.5. The van der Waals surface area contributed by atoms with Gasteiger partial charge >= 0.3 is 0 Å². The van der Waals surface area contributed by atoms with E-state index in [1.54, 1.807) is 30.3 Å². The average Bonchev–Trinajstić information content (AvgIpc) is 2.45. The highest BCUT2D eigenvalue weighted by Gasteiger charge is 2.08. The molecule has 0 spiro atoms. The van der Waals surface area contributed by atoms with Gasteiger partial charge in [-0.25, -0.2) is 4.39 Å². The summed E-state index contributed by atoms with van der Waals surface area (Å²) in [5.74, 6) is -0.392. The fourth-order valence-electron chi connectivity index (χ4n) is 1.71. The summed E-state index contributed by atoms with van der Waals surface area (Å²) < 4.78 is 18.5. The highest BCUT2D eigenvalue weighted by atomic mass is 19.1. The smallest absolute Gasteiger partial charge is 0.252 e. The number of ether oxygens (including phenoxy) is 1. The van der Waals surface area contributed by atoms with Crippen LogP contribution in [-0.2, 0) is 11.4 Å². The van der Waals surface area contributed by atoms with Crippen LogP contribution in [-0.4, -0.2) is 17.1 Å². The van der Waals surface area contributed by atoms with Gasteiger partial charge in [0.25, 0.3) is 5.91 Å². The molecule has 0 aliphatic rings. The molecule has 0 heterocycles. The van der Waals surface area contributed by atoms with Crippen LogP contribution in [0.3, 0.4) is 0 Å². The number of halogens is 1. The number of anilines is 1. The van der Waals surface area contributed by atoms with E-state index in [-0.39, 0.29) is 12.4 Å². The van der Waals surface area contributed by atoms with Crippen molar-refractivity contribution in [3.05, 3.63) is 59.9 Å². The molecule has 0 aliphatic heterocycles. The first-order valence-corrected chi connectivity index (χ1v) is 6.51. The first-order chi connectivity index (χ1) is 10.0. The molecule has 2 aromatic carbocycles. The van der Waals surface area contributed by atoms with Crippen molar-refractivity contribution < 1.29 is 19.0 Å². The Hall–Kier alpha value is -2.40. The molecule has 2 aromatic rings. The number of hydrogen-bond donors (Lipinski definition) is 2. The van der Waals surface area contributed by atoms with Crippen molar-refractivity contribution in [1.82, 2.24) is 0 Å². The SMILES string of the molecule is CC(O)C(=O)Nc1cccc(COc2cccc(F)c2)c1. The molecule has 0 aromatic heterocycles. The van der Waals surface area contributed by atoms with Crippen LogP contribution in [0.4, 0.5) is 10.1 Å². The van der Waals surface area contributed by atoms with E-state index in [0.29, 0.717) is 11.4 Å². The summed E-state index contributed by atoms with van der Waals surface area (Å²) in [6, 6.07) is 12.9. The molecular weight excluding hydrogens is 273 g/mol. The van der Waals surface area contributed by atoms with E-state index in [2.05, 4.69) is 5.32 Å². The van der Waals surface area contributed by atoms with Crippen LogP contribution in [0.15, 0.2) is 48.5 Å². The topological polar surface area (TPSA) is 58.6 Å². The first-order valence-electron chi connectivity index (χ1n) is 6.51. The maximum Gasteiger partial charge on any atom is 0.252 e. The van der Waals surface area contributed by atoms with Crippen molar-refractivity contribution in [2.24, 2.45) is 0 Å². The molecule has 0 bridgehead atoms. The molecule has 2 N–H and O–H groups in total. The number of hydrogen-bond acceptors (Lipinski definition) is 3. The van der Waals surface area contributed by atoms with Gasteiger partial charge in [-0.2, -0.15) is 0 Å². The fourth-order valence-corrected chi connectivity index (χ4v) is 1.71. The minimum atomic E-state index is -1.07. The van der Waals surface area contributed by atoms with Crippen LogP contribution < -0.4 is 10.1 Å². The molecule has 110 valence electrons. The molecule has 4 nitrogen and oxygen atoms in total. The second-order valence-electron chi connectivity index (χ2n) is 4.61. The number of aliphatic hydroxyl groups excluding tert-OH is 1.